The summed E-state index contributed by atoms with van der Waals surface area (Å²) < 4.78 is 38.0. The minimum Gasteiger partial charge on any atom is -0.493 e. The fourth-order valence-corrected chi connectivity index (χ4v) is 5.15. The molecule has 0 fully saturated rings. The van der Waals surface area contributed by atoms with Crippen molar-refractivity contribution < 1.29 is 17.9 Å². The number of methoxy groups -OCH3 is 2. The van der Waals surface area contributed by atoms with Crippen LogP contribution >= 0.6 is 34.5 Å². The third-order valence-electron chi connectivity index (χ3n) is 3.67. The molecule has 28 heavy (non-hydrogen) atoms. The predicted molar refractivity (Wildman–Crippen MR) is 110 cm³/mol. The van der Waals surface area contributed by atoms with Crippen LogP contribution in [0, 0.1) is 0 Å². The average molecular weight is 460 g/mol. The number of rotatable bonds is 7. The Balaban J connectivity index is 1.78. The second kappa shape index (κ2) is 8.52. The summed E-state index contributed by atoms with van der Waals surface area (Å²) >= 11 is 13.0. The monoisotopic (exact) mass is 459 g/mol. The van der Waals surface area contributed by atoms with E-state index in [-0.39, 0.29) is 20.1 Å². The molecule has 2 aromatic carbocycles. The van der Waals surface area contributed by atoms with Gasteiger partial charge in [0.1, 0.15) is 9.90 Å². The molecule has 3 rings (SSSR count). The highest BCUT2D eigenvalue weighted by molar-refractivity contribution is 7.93. The van der Waals surface area contributed by atoms with Gasteiger partial charge in [-0.2, -0.15) is 0 Å². The summed E-state index contributed by atoms with van der Waals surface area (Å²) in [6.45, 7) is 0. The van der Waals surface area contributed by atoms with Crippen LogP contribution in [0.1, 0.15) is 10.6 Å². The molecule has 1 N–H and O–H groups in total. The van der Waals surface area contributed by atoms with Crippen molar-refractivity contribution in [3.8, 4) is 11.5 Å². The summed E-state index contributed by atoms with van der Waals surface area (Å²) in [6.07, 6.45) is 0.456. The Bertz CT molecular complexity index is 1100. The van der Waals surface area contributed by atoms with Gasteiger partial charge in [0.05, 0.1) is 19.2 Å². The van der Waals surface area contributed by atoms with Crippen LogP contribution in [-0.2, 0) is 16.4 Å². The first-order chi connectivity index (χ1) is 13.3. The lowest BCUT2D eigenvalue weighted by atomic mass is 10.1. The average Bonchev–Trinajstić information content (AvgIpc) is 3.09. The summed E-state index contributed by atoms with van der Waals surface area (Å²) in [6, 6.07) is 9.70. The summed E-state index contributed by atoms with van der Waals surface area (Å²) in [5.74, 6) is 1.22. The van der Waals surface area contributed by atoms with Gasteiger partial charge in [-0.15, -0.1) is 10.2 Å². The van der Waals surface area contributed by atoms with Crippen molar-refractivity contribution in [2.75, 3.05) is 18.9 Å². The molecule has 0 spiro atoms. The summed E-state index contributed by atoms with van der Waals surface area (Å²) in [4.78, 5) is -0.127. The Morgan fingerprint density at radius 3 is 2.50 bits per heavy atom. The molecule has 1 aromatic heterocycles. The van der Waals surface area contributed by atoms with Crippen molar-refractivity contribution in [1.82, 2.24) is 10.2 Å². The Morgan fingerprint density at radius 2 is 1.79 bits per heavy atom. The maximum absolute atomic E-state index is 12.6. The highest BCUT2D eigenvalue weighted by Crippen LogP contribution is 2.30. The van der Waals surface area contributed by atoms with E-state index in [1.54, 1.807) is 20.3 Å². The Hall–Kier alpha value is -2.07. The van der Waals surface area contributed by atoms with Crippen molar-refractivity contribution in [3.63, 3.8) is 0 Å². The largest absolute Gasteiger partial charge is 0.493 e. The quantitative estimate of drug-likeness (QED) is 0.567. The van der Waals surface area contributed by atoms with E-state index in [0.717, 1.165) is 16.9 Å². The molecule has 0 bridgehead atoms. The van der Waals surface area contributed by atoms with Gasteiger partial charge in [0.15, 0.2) is 11.5 Å². The molecule has 0 aliphatic heterocycles. The van der Waals surface area contributed by atoms with Crippen LogP contribution in [0.4, 0.5) is 5.13 Å². The van der Waals surface area contributed by atoms with E-state index in [9.17, 15) is 8.42 Å². The van der Waals surface area contributed by atoms with Gasteiger partial charge < -0.3 is 9.47 Å². The van der Waals surface area contributed by atoms with Gasteiger partial charge in [0, 0.05) is 11.4 Å². The molecule has 0 saturated carbocycles. The van der Waals surface area contributed by atoms with Crippen molar-refractivity contribution in [2.24, 2.45) is 0 Å². The lowest BCUT2D eigenvalue weighted by molar-refractivity contribution is 0.354. The first kappa shape index (κ1) is 20.7. The molecule has 0 radical (unpaired) electrons. The van der Waals surface area contributed by atoms with Gasteiger partial charge in [-0.25, -0.2) is 8.42 Å². The molecule has 0 amide bonds. The Labute approximate surface area is 176 Å². The number of hydrogen-bond acceptors (Lipinski definition) is 7. The number of anilines is 1. The van der Waals surface area contributed by atoms with Crippen LogP contribution in [0.3, 0.4) is 0 Å². The number of halogens is 2. The number of sulfonamides is 1. The predicted octanol–water partition coefficient (Wildman–Crippen LogP) is 4.25. The maximum atomic E-state index is 12.6. The SMILES string of the molecule is COc1ccc(Cc2nnc(NS(=O)(=O)c3cc(Cl)ccc3Cl)s2)cc1OC. The van der Waals surface area contributed by atoms with E-state index in [2.05, 4.69) is 14.9 Å². The first-order valence-electron chi connectivity index (χ1n) is 7.83. The second-order valence-corrected chi connectivity index (χ2v) is 9.10. The molecule has 1 heterocycles. The number of nitrogens with one attached hydrogen (secondary N) is 1. The molecule has 0 atom stereocenters. The fourth-order valence-electron chi connectivity index (χ4n) is 2.38. The van der Waals surface area contributed by atoms with E-state index in [1.807, 2.05) is 12.1 Å². The molecule has 148 valence electrons. The molecule has 11 heteroatoms. The normalized spacial score (nSPS) is 11.3. The third-order valence-corrected chi connectivity index (χ3v) is 6.70. The Kier molecular flexibility index (Phi) is 6.29. The zero-order valence-corrected chi connectivity index (χ0v) is 17.9. The number of hydrogen-bond donors (Lipinski definition) is 1. The summed E-state index contributed by atoms with van der Waals surface area (Å²) in [7, 11) is -0.822. The van der Waals surface area contributed by atoms with Gasteiger partial charge in [0.2, 0.25) is 5.13 Å². The van der Waals surface area contributed by atoms with Crippen LogP contribution < -0.4 is 14.2 Å². The molecule has 3 aromatic rings. The number of benzene rings is 2. The minimum atomic E-state index is -3.94. The lowest BCUT2D eigenvalue weighted by Gasteiger charge is -2.08. The van der Waals surface area contributed by atoms with Crippen molar-refractivity contribution in [1.29, 1.82) is 0 Å². The number of nitrogens with zero attached hydrogens (tertiary/aromatic N) is 2. The zero-order valence-electron chi connectivity index (χ0n) is 14.8. The smallest absolute Gasteiger partial charge is 0.265 e. The third kappa shape index (κ3) is 4.67. The van der Waals surface area contributed by atoms with Crippen LogP contribution in [-0.4, -0.2) is 32.8 Å². The molecule has 0 aliphatic rings. The fraction of sp³-hybridized carbons (Fsp3) is 0.176. The van der Waals surface area contributed by atoms with Gasteiger partial charge >= 0.3 is 0 Å². The highest BCUT2D eigenvalue weighted by atomic mass is 35.5. The topological polar surface area (TPSA) is 90.4 Å². The van der Waals surface area contributed by atoms with Gasteiger partial charge in [-0.1, -0.05) is 40.6 Å². The van der Waals surface area contributed by atoms with Gasteiger partial charge in [-0.05, 0) is 35.9 Å². The minimum absolute atomic E-state index is 0.0620. The zero-order chi connectivity index (χ0) is 20.3. The van der Waals surface area contributed by atoms with Gasteiger partial charge in [-0.3, -0.25) is 4.72 Å². The van der Waals surface area contributed by atoms with Crippen molar-refractivity contribution >= 4 is 49.7 Å². The Morgan fingerprint density at radius 1 is 1.04 bits per heavy atom. The summed E-state index contributed by atoms with van der Waals surface area (Å²) in [5.41, 5.74) is 0.918. The summed E-state index contributed by atoms with van der Waals surface area (Å²) in [5, 5.41) is 9.02. The number of ether oxygens (including phenoxy) is 2. The van der Waals surface area contributed by atoms with Crippen molar-refractivity contribution in [3.05, 3.63) is 57.0 Å². The van der Waals surface area contributed by atoms with Gasteiger partial charge in [0.25, 0.3) is 10.0 Å². The highest BCUT2D eigenvalue weighted by Gasteiger charge is 2.20. The van der Waals surface area contributed by atoms with Crippen LogP contribution in [0.15, 0.2) is 41.3 Å². The molecule has 7 nitrogen and oxygen atoms in total. The molecule has 0 saturated heterocycles. The van der Waals surface area contributed by atoms with E-state index in [4.69, 9.17) is 32.7 Å². The van der Waals surface area contributed by atoms with Crippen LogP contribution in [0.5, 0.6) is 11.5 Å². The standard InChI is InChI=1S/C17H15Cl2N3O4S2/c1-25-13-6-3-10(7-14(13)26-2)8-16-20-21-17(27-16)22-28(23,24)15-9-11(18)4-5-12(15)19/h3-7,9H,8H2,1-2H3,(H,21,22). The maximum Gasteiger partial charge on any atom is 0.265 e. The second-order valence-electron chi connectivity index (χ2n) is 5.55. The molecule has 0 aliphatic carbocycles. The lowest BCUT2D eigenvalue weighted by Crippen LogP contribution is -2.13. The molecular formula is C17H15Cl2N3O4S2. The van der Waals surface area contributed by atoms with E-state index in [1.165, 1.54) is 18.2 Å². The van der Waals surface area contributed by atoms with Crippen molar-refractivity contribution in [2.45, 2.75) is 11.3 Å². The molecular weight excluding hydrogens is 445 g/mol. The van der Waals surface area contributed by atoms with Crippen LogP contribution in [0.2, 0.25) is 10.0 Å². The van der Waals surface area contributed by atoms with E-state index in [0.29, 0.717) is 22.9 Å². The van der Waals surface area contributed by atoms with E-state index < -0.39 is 10.0 Å². The number of aromatic nitrogens is 2. The van der Waals surface area contributed by atoms with Crippen LogP contribution in [0.25, 0.3) is 0 Å². The first-order valence-corrected chi connectivity index (χ1v) is 10.9. The molecule has 0 unspecified atom stereocenters. The van der Waals surface area contributed by atoms with E-state index >= 15 is 0 Å².